The third-order valence-electron chi connectivity index (χ3n) is 1.55. The summed E-state index contributed by atoms with van der Waals surface area (Å²) in [6.07, 6.45) is -0.0844. The van der Waals surface area contributed by atoms with Gasteiger partial charge in [-0.1, -0.05) is 42.5 Å². The number of hydrogen-bond donors (Lipinski definition) is 2. The molecule has 0 spiro atoms. The molecule has 12 heavy (non-hydrogen) atoms. The second-order valence-electron chi connectivity index (χ2n) is 2.52. The molecule has 3 heteroatoms. The molecule has 64 valence electrons. The molecule has 0 aliphatic rings. The number of benzene rings is 1. The summed E-state index contributed by atoms with van der Waals surface area (Å²) in [7, 11) is 0. The average molecular weight is 198 g/mol. The standard InChI is InChI=1S/C9H10OS2/c10-8(6-9(11)12)7-4-2-1-3-5-7/h1-5,8,10H,6H2,(H,11,12). The van der Waals surface area contributed by atoms with Gasteiger partial charge in [0.1, 0.15) is 0 Å². The fourth-order valence-corrected chi connectivity index (χ4v) is 1.29. The molecule has 0 amide bonds. The van der Waals surface area contributed by atoms with Crippen LogP contribution >= 0.6 is 24.8 Å². The molecule has 0 aliphatic carbocycles. The van der Waals surface area contributed by atoms with Crippen molar-refractivity contribution in [2.75, 3.05) is 0 Å². The number of thiol groups is 1. The zero-order valence-corrected chi connectivity index (χ0v) is 8.18. The predicted molar refractivity (Wildman–Crippen MR) is 57.6 cm³/mol. The van der Waals surface area contributed by atoms with Gasteiger partial charge in [0.25, 0.3) is 0 Å². The molecule has 1 aromatic rings. The molecule has 0 heterocycles. The van der Waals surface area contributed by atoms with Crippen LogP contribution in [0.5, 0.6) is 0 Å². The second-order valence-corrected chi connectivity index (χ2v) is 3.86. The van der Waals surface area contributed by atoms with Gasteiger partial charge in [-0.2, -0.15) is 0 Å². The van der Waals surface area contributed by atoms with Crippen molar-refractivity contribution < 1.29 is 5.11 Å². The van der Waals surface area contributed by atoms with Crippen LogP contribution in [0.25, 0.3) is 0 Å². The Kier molecular flexibility index (Phi) is 3.72. The van der Waals surface area contributed by atoms with Crippen LogP contribution in [0.4, 0.5) is 0 Å². The van der Waals surface area contributed by atoms with Gasteiger partial charge in [0.2, 0.25) is 0 Å². The number of thiocarbonyl (C=S) groups is 1. The van der Waals surface area contributed by atoms with Crippen molar-refractivity contribution in [3.63, 3.8) is 0 Å². The molecule has 0 bridgehead atoms. The van der Waals surface area contributed by atoms with Gasteiger partial charge in [-0.3, -0.25) is 0 Å². The highest BCUT2D eigenvalue weighted by Crippen LogP contribution is 2.17. The zero-order valence-electron chi connectivity index (χ0n) is 6.47. The van der Waals surface area contributed by atoms with Gasteiger partial charge in [0.05, 0.1) is 6.10 Å². The topological polar surface area (TPSA) is 20.2 Å². The maximum absolute atomic E-state index is 9.55. The largest absolute Gasteiger partial charge is 0.388 e. The Morgan fingerprint density at radius 1 is 1.42 bits per heavy atom. The van der Waals surface area contributed by atoms with Crippen LogP contribution in [0.3, 0.4) is 0 Å². The van der Waals surface area contributed by atoms with E-state index in [-0.39, 0.29) is 0 Å². The molecule has 1 atom stereocenters. The van der Waals surface area contributed by atoms with Crippen LogP contribution < -0.4 is 0 Å². The van der Waals surface area contributed by atoms with E-state index in [0.717, 1.165) is 5.56 Å². The van der Waals surface area contributed by atoms with Crippen LogP contribution in [0.2, 0.25) is 0 Å². The fraction of sp³-hybridized carbons (Fsp3) is 0.222. The summed E-state index contributed by atoms with van der Waals surface area (Å²) < 4.78 is 0.534. The predicted octanol–water partition coefficient (Wildman–Crippen LogP) is 2.37. The van der Waals surface area contributed by atoms with Gasteiger partial charge < -0.3 is 5.11 Å². The SMILES string of the molecule is OC(CC(=S)S)c1ccccc1. The normalized spacial score (nSPS) is 12.5. The van der Waals surface area contributed by atoms with E-state index >= 15 is 0 Å². The summed E-state index contributed by atoms with van der Waals surface area (Å²) >= 11 is 8.74. The molecule has 0 saturated carbocycles. The summed E-state index contributed by atoms with van der Waals surface area (Å²) in [4.78, 5) is 0. The number of rotatable bonds is 3. The van der Waals surface area contributed by atoms with Crippen molar-refractivity contribution in [3.05, 3.63) is 35.9 Å². The van der Waals surface area contributed by atoms with Gasteiger partial charge in [-0.05, 0) is 5.56 Å². The molecule has 1 rings (SSSR count). The van der Waals surface area contributed by atoms with Gasteiger partial charge in [0, 0.05) is 10.6 Å². The highest BCUT2D eigenvalue weighted by atomic mass is 32.1. The van der Waals surface area contributed by atoms with Crippen LogP contribution in [-0.2, 0) is 0 Å². The van der Waals surface area contributed by atoms with Crippen molar-refractivity contribution in [2.24, 2.45) is 0 Å². The van der Waals surface area contributed by atoms with Gasteiger partial charge >= 0.3 is 0 Å². The lowest BCUT2D eigenvalue weighted by atomic mass is 10.1. The molecule has 1 nitrogen and oxygen atoms in total. The van der Waals surface area contributed by atoms with Crippen molar-refractivity contribution in [3.8, 4) is 0 Å². The van der Waals surface area contributed by atoms with Crippen LogP contribution in [0.15, 0.2) is 30.3 Å². The Hall–Kier alpha value is -0.380. The summed E-state index contributed by atoms with van der Waals surface area (Å²) in [5, 5.41) is 9.55. The molecule has 0 aromatic heterocycles. The third-order valence-corrected chi connectivity index (χ3v) is 1.90. The molecule has 1 unspecified atom stereocenters. The fourth-order valence-electron chi connectivity index (χ4n) is 0.958. The highest BCUT2D eigenvalue weighted by molar-refractivity contribution is 8.11. The Morgan fingerprint density at radius 2 is 2.00 bits per heavy atom. The van der Waals surface area contributed by atoms with Gasteiger partial charge in [0.15, 0.2) is 0 Å². The number of hydrogen-bond acceptors (Lipinski definition) is 2. The quantitative estimate of drug-likeness (QED) is 0.574. The molecule has 0 aliphatic heterocycles. The van der Waals surface area contributed by atoms with Gasteiger partial charge in [-0.25, -0.2) is 0 Å². The van der Waals surface area contributed by atoms with Crippen molar-refractivity contribution in [1.29, 1.82) is 0 Å². The lowest BCUT2D eigenvalue weighted by Gasteiger charge is -2.08. The van der Waals surface area contributed by atoms with E-state index in [1.807, 2.05) is 30.3 Å². The van der Waals surface area contributed by atoms with E-state index in [0.29, 0.717) is 10.6 Å². The zero-order chi connectivity index (χ0) is 8.97. The molecular weight excluding hydrogens is 188 g/mol. The first-order chi connectivity index (χ1) is 5.70. The highest BCUT2D eigenvalue weighted by Gasteiger charge is 2.06. The molecule has 1 aromatic carbocycles. The van der Waals surface area contributed by atoms with E-state index in [1.54, 1.807) is 0 Å². The Morgan fingerprint density at radius 3 is 2.50 bits per heavy atom. The second kappa shape index (κ2) is 4.60. The monoisotopic (exact) mass is 198 g/mol. The lowest BCUT2D eigenvalue weighted by molar-refractivity contribution is 0.187. The maximum Gasteiger partial charge on any atom is 0.0843 e. The average Bonchev–Trinajstić information content (AvgIpc) is 2.05. The minimum atomic E-state index is -0.517. The van der Waals surface area contributed by atoms with Crippen molar-refractivity contribution >= 4 is 29.0 Å². The van der Waals surface area contributed by atoms with Gasteiger partial charge in [-0.15, -0.1) is 12.6 Å². The number of aliphatic hydroxyl groups is 1. The Bertz CT molecular complexity index is 258. The van der Waals surface area contributed by atoms with Crippen LogP contribution in [0, 0.1) is 0 Å². The minimum Gasteiger partial charge on any atom is -0.388 e. The minimum absolute atomic E-state index is 0.433. The first-order valence-corrected chi connectivity index (χ1v) is 4.50. The van der Waals surface area contributed by atoms with Crippen LogP contribution in [0.1, 0.15) is 18.1 Å². The van der Waals surface area contributed by atoms with Crippen LogP contribution in [-0.4, -0.2) is 9.30 Å². The summed E-state index contributed by atoms with van der Waals surface area (Å²) in [6, 6.07) is 9.43. The first kappa shape index (κ1) is 9.71. The first-order valence-electron chi connectivity index (χ1n) is 3.65. The van der Waals surface area contributed by atoms with E-state index in [2.05, 4.69) is 12.6 Å². The van der Waals surface area contributed by atoms with Crippen molar-refractivity contribution in [1.82, 2.24) is 0 Å². The third kappa shape index (κ3) is 2.93. The van der Waals surface area contributed by atoms with E-state index in [1.165, 1.54) is 0 Å². The van der Waals surface area contributed by atoms with Crippen molar-refractivity contribution in [2.45, 2.75) is 12.5 Å². The lowest BCUT2D eigenvalue weighted by Crippen LogP contribution is -1.99. The summed E-state index contributed by atoms with van der Waals surface area (Å²) in [5.74, 6) is 0. The molecule has 0 saturated heterocycles. The molecule has 1 N–H and O–H groups in total. The Balaban J connectivity index is 2.65. The Labute approximate surface area is 82.8 Å². The maximum atomic E-state index is 9.55. The molecule has 0 radical (unpaired) electrons. The number of aliphatic hydroxyl groups excluding tert-OH is 1. The van der Waals surface area contributed by atoms with E-state index in [4.69, 9.17) is 12.2 Å². The van der Waals surface area contributed by atoms with E-state index in [9.17, 15) is 5.11 Å². The molecular formula is C9H10OS2. The smallest absolute Gasteiger partial charge is 0.0843 e. The summed E-state index contributed by atoms with van der Waals surface area (Å²) in [5.41, 5.74) is 0.883. The molecule has 0 fully saturated rings. The van der Waals surface area contributed by atoms with E-state index < -0.39 is 6.10 Å². The summed E-state index contributed by atoms with van der Waals surface area (Å²) in [6.45, 7) is 0.